The largest absolute Gasteiger partial charge is 0.490 e. The van der Waals surface area contributed by atoms with Crippen LogP contribution in [0.25, 0.3) is 17.3 Å². The van der Waals surface area contributed by atoms with Crippen molar-refractivity contribution in [3.05, 3.63) is 84.7 Å². The van der Waals surface area contributed by atoms with E-state index in [0.717, 1.165) is 12.1 Å². The highest BCUT2D eigenvalue weighted by Gasteiger charge is 2.32. The second-order valence-corrected chi connectivity index (χ2v) is 7.09. The molecular formula is C24H20F3NO5. The molecule has 1 heterocycles. The first-order chi connectivity index (χ1) is 15.6. The normalized spacial score (nSPS) is 13.5. The monoisotopic (exact) mass is 459 g/mol. The van der Waals surface area contributed by atoms with Gasteiger partial charge in [-0.1, -0.05) is 23.9 Å². The Bertz CT molecular complexity index is 1130. The Morgan fingerprint density at radius 2 is 1.76 bits per heavy atom. The van der Waals surface area contributed by atoms with E-state index in [1.54, 1.807) is 42.5 Å². The molecule has 3 aromatic rings. The van der Waals surface area contributed by atoms with E-state index in [1.807, 2.05) is 0 Å². The smallest absolute Gasteiger partial charge is 0.416 e. The zero-order valence-electron chi connectivity index (χ0n) is 17.5. The molecule has 0 amide bonds. The molecule has 0 aliphatic heterocycles. The van der Waals surface area contributed by atoms with Gasteiger partial charge in [0.05, 0.1) is 5.56 Å². The Labute approximate surface area is 187 Å². The Morgan fingerprint density at radius 1 is 1.12 bits per heavy atom. The van der Waals surface area contributed by atoms with E-state index in [-0.39, 0.29) is 6.61 Å². The second kappa shape index (κ2) is 9.64. The molecule has 2 aromatic carbocycles. The molecule has 0 bridgehead atoms. The molecule has 0 aliphatic rings. The molecule has 0 aliphatic carbocycles. The lowest BCUT2D eigenvalue weighted by Gasteiger charge is -2.22. The van der Waals surface area contributed by atoms with Crippen LogP contribution < -0.4 is 9.47 Å². The van der Waals surface area contributed by atoms with Gasteiger partial charge in [0.25, 0.3) is 0 Å². The SMILES string of the molecule is C=C[C@](C)(Oc1ccc(OC/C=C/c2cc(-c3ccc(C(F)(F)F)cc3)no2)cc1)C(=O)O. The van der Waals surface area contributed by atoms with E-state index in [1.165, 1.54) is 25.1 Å². The Hall–Kier alpha value is -4.01. The van der Waals surface area contributed by atoms with Gasteiger partial charge in [-0.05, 0) is 61.5 Å². The summed E-state index contributed by atoms with van der Waals surface area (Å²) < 4.78 is 54.2. The minimum atomic E-state index is -4.39. The van der Waals surface area contributed by atoms with Gasteiger partial charge < -0.3 is 19.1 Å². The summed E-state index contributed by atoms with van der Waals surface area (Å²) in [7, 11) is 0. The molecule has 0 saturated heterocycles. The third-order valence-corrected chi connectivity index (χ3v) is 4.63. The predicted molar refractivity (Wildman–Crippen MR) is 115 cm³/mol. The standard InChI is InChI=1S/C24H20F3NO5/c1-3-23(2,22(29)30)32-19-12-10-18(11-13-19)31-14-4-5-20-15-21(28-33-20)16-6-8-17(9-7-16)24(25,26)27/h3-13,15H,1,14H2,2H3,(H,29,30)/b5-4+/t23-/m0/s1. The van der Waals surface area contributed by atoms with Crippen molar-refractivity contribution >= 4 is 12.0 Å². The van der Waals surface area contributed by atoms with Crippen LogP contribution in [0.5, 0.6) is 11.5 Å². The number of alkyl halides is 3. The van der Waals surface area contributed by atoms with Gasteiger partial charge in [-0.15, -0.1) is 0 Å². The number of nitrogens with zero attached hydrogens (tertiary/aromatic N) is 1. The average Bonchev–Trinajstić information content (AvgIpc) is 3.26. The number of hydrogen-bond donors (Lipinski definition) is 1. The first-order valence-electron chi connectivity index (χ1n) is 9.70. The lowest BCUT2D eigenvalue weighted by molar-refractivity contribution is -0.149. The summed E-state index contributed by atoms with van der Waals surface area (Å²) in [5, 5.41) is 13.1. The fraction of sp³-hybridized carbons (Fsp3) is 0.167. The van der Waals surface area contributed by atoms with Crippen LogP contribution in [0.4, 0.5) is 13.2 Å². The van der Waals surface area contributed by atoms with Crippen molar-refractivity contribution in [3.63, 3.8) is 0 Å². The predicted octanol–water partition coefficient (Wildman–Crippen LogP) is 5.86. The number of carboxylic acid groups (broad SMARTS) is 1. The van der Waals surface area contributed by atoms with Crippen LogP contribution in [0.2, 0.25) is 0 Å². The average molecular weight is 459 g/mol. The topological polar surface area (TPSA) is 81.8 Å². The van der Waals surface area contributed by atoms with E-state index in [9.17, 15) is 23.1 Å². The van der Waals surface area contributed by atoms with Gasteiger partial charge in [-0.2, -0.15) is 13.2 Å². The third-order valence-electron chi connectivity index (χ3n) is 4.63. The van der Waals surface area contributed by atoms with Gasteiger partial charge in [-0.25, -0.2) is 4.79 Å². The zero-order valence-corrected chi connectivity index (χ0v) is 17.5. The number of hydrogen-bond acceptors (Lipinski definition) is 5. The van der Waals surface area contributed by atoms with Crippen molar-refractivity contribution in [1.82, 2.24) is 5.16 Å². The second-order valence-electron chi connectivity index (χ2n) is 7.09. The zero-order chi connectivity index (χ0) is 24.1. The fourth-order valence-corrected chi connectivity index (χ4v) is 2.66. The van der Waals surface area contributed by atoms with Crippen molar-refractivity contribution in [1.29, 1.82) is 0 Å². The molecule has 0 radical (unpaired) electrons. The summed E-state index contributed by atoms with van der Waals surface area (Å²) >= 11 is 0. The number of benzene rings is 2. The molecule has 172 valence electrons. The van der Waals surface area contributed by atoms with Crippen molar-refractivity contribution in [2.75, 3.05) is 6.61 Å². The number of carbonyl (C=O) groups is 1. The summed E-state index contributed by atoms with van der Waals surface area (Å²) in [4.78, 5) is 11.3. The van der Waals surface area contributed by atoms with Gasteiger partial charge in [-0.3, -0.25) is 0 Å². The number of halogens is 3. The van der Waals surface area contributed by atoms with E-state index < -0.39 is 23.3 Å². The van der Waals surface area contributed by atoms with E-state index >= 15 is 0 Å². The van der Waals surface area contributed by atoms with Crippen LogP contribution in [0.1, 0.15) is 18.2 Å². The lowest BCUT2D eigenvalue weighted by Crippen LogP contribution is -2.39. The molecule has 3 rings (SSSR count). The summed E-state index contributed by atoms with van der Waals surface area (Å²) in [5.74, 6) is 0.136. The Balaban J connectivity index is 1.54. The first-order valence-corrected chi connectivity index (χ1v) is 9.70. The van der Waals surface area contributed by atoms with Gasteiger partial charge in [0.2, 0.25) is 5.60 Å². The van der Waals surface area contributed by atoms with Crippen LogP contribution in [0.15, 0.2) is 77.9 Å². The van der Waals surface area contributed by atoms with Crippen LogP contribution in [-0.4, -0.2) is 28.4 Å². The minimum Gasteiger partial charge on any atom is -0.490 e. The summed E-state index contributed by atoms with van der Waals surface area (Å²) in [6.45, 7) is 5.08. The van der Waals surface area contributed by atoms with E-state index in [2.05, 4.69) is 11.7 Å². The van der Waals surface area contributed by atoms with Crippen LogP contribution >= 0.6 is 0 Å². The molecule has 1 aromatic heterocycles. The van der Waals surface area contributed by atoms with Crippen molar-refractivity contribution in [2.45, 2.75) is 18.7 Å². The highest BCUT2D eigenvalue weighted by Crippen LogP contribution is 2.31. The number of ether oxygens (including phenoxy) is 2. The molecule has 0 fully saturated rings. The molecule has 1 atom stereocenters. The molecule has 1 N–H and O–H groups in total. The van der Waals surface area contributed by atoms with Crippen LogP contribution in [-0.2, 0) is 11.0 Å². The molecular weight excluding hydrogens is 439 g/mol. The summed E-state index contributed by atoms with van der Waals surface area (Å²) in [5.41, 5.74) is -1.36. The lowest BCUT2D eigenvalue weighted by atomic mass is 10.1. The molecule has 0 saturated carbocycles. The first kappa shape index (κ1) is 23.6. The molecule has 6 nitrogen and oxygen atoms in total. The fourth-order valence-electron chi connectivity index (χ4n) is 2.66. The maximum Gasteiger partial charge on any atom is 0.416 e. The highest BCUT2D eigenvalue weighted by atomic mass is 19.4. The highest BCUT2D eigenvalue weighted by molar-refractivity contribution is 5.79. The third kappa shape index (κ3) is 6.03. The number of aromatic nitrogens is 1. The molecule has 0 unspecified atom stereocenters. The van der Waals surface area contributed by atoms with Crippen molar-refractivity contribution in [2.24, 2.45) is 0 Å². The number of aliphatic carboxylic acids is 1. The van der Waals surface area contributed by atoms with Gasteiger partial charge in [0.15, 0.2) is 5.76 Å². The quantitative estimate of drug-likeness (QED) is 0.404. The Kier molecular flexibility index (Phi) is 6.91. The molecule has 0 spiro atoms. The number of carboxylic acids is 1. The van der Waals surface area contributed by atoms with Crippen LogP contribution in [0.3, 0.4) is 0 Å². The molecule has 9 heteroatoms. The van der Waals surface area contributed by atoms with Crippen molar-refractivity contribution in [3.8, 4) is 22.8 Å². The maximum atomic E-state index is 12.7. The van der Waals surface area contributed by atoms with Gasteiger partial charge in [0.1, 0.15) is 23.8 Å². The maximum absolute atomic E-state index is 12.7. The van der Waals surface area contributed by atoms with Crippen molar-refractivity contribution < 1.29 is 37.1 Å². The number of rotatable bonds is 9. The van der Waals surface area contributed by atoms with Crippen LogP contribution in [0, 0.1) is 0 Å². The van der Waals surface area contributed by atoms with E-state index in [4.69, 9.17) is 14.0 Å². The van der Waals surface area contributed by atoms with E-state index in [0.29, 0.717) is 28.5 Å². The summed E-state index contributed by atoms with van der Waals surface area (Å²) in [6.07, 6.45) is 0.117. The van der Waals surface area contributed by atoms with Gasteiger partial charge in [0, 0.05) is 11.6 Å². The Morgan fingerprint density at radius 3 is 2.33 bits per heavy atom. The molecule has 33 heavy (non-hydrogen) atoms. The van der Waals surface area contributed by atoms with Gasteiger partial charge >= 0.3 is 12.1 Å². The summed E-state index contributed by atoms with van der Waals surface area (Å²) in [6, 6.07) is 12.7. The minimum absolute atomic E-state index is 0.204.